The maximum atomic E-state index is 12.8. The predicted molar refractivity (Wildman–Crippen MR) is 75.9 cm³/mol. The molecule has 0 radical (unpaired) electrons. The van der Waals surface area contributed by atoms with Crippen molar-refractivity contribution in [2.75, 3.05) is 13.2 Å². The standard InChI is InChI=1S/C16H19NO4/c18-13(17-16(14(19)20)9-10-21-11-16)15(7-4-8-15)12-5-2-1-3-6-12/h1-3,5-6H,4,7-11H2,(H,17,18)(H,19,20). The van der Waals surface area contributed by atoms with Crippen LogP contribution < -0.4 is 5.32 Å². The third-order valence-electron chi connectivity index (χ3n) is 4.75. The van der Waals surface area contributed by atoms with Gasteiger partial charge in [0.1, 0.15) is 0 Å². The maximum Gasteiger partial charge on any atom is 0.331 e. The van der Waals surface area contributed by atoms with E-state index >= 15 is 0 Å². The van der Waals surface area contributed by atoms with Crippen LogP contribution in [-0.4, -0.2) is 35.7 Å². The van der Waals surface area contributed by atoms with Crippen LogP contribution in [0.2, 0.25) is 0 Å². The van der Waals surface area contributed by atoms with E-state index in [-0.39, 0.29) is 12.5 Å². The zero-order valence-corrected chi connectivity index (χ0v) is 11.8. The number of carboxylic acids is 1. The van der Waals surface area contributed by atoms with Crippen molar-refractivity contribution in [2.24, 2.45) is 0 Å². The van der Waals surface area contributed by atoms with Crippen molar-refractivity contribution in [1.29, 1.82) is 0 Å². The van der Waals surface area contributed by atoms with Crippen LogP contribution in [0.1, 0.15) is 31.2 Å². The molecule has 0 aromatic heterocycles. The number of hydrogen-bond donors (Lipinski definition) is 2. The molecular weight excluding hydrogens is 270 g/mol. The molecule has 1 amide bonds. The predicted octanol–water partition coefficient (Wildman–Crippen LogP) is 1.47. The Hall–Kier alpha value is -1.88. The van der Waals surface area contributed by atoms with Gasteiger partial charge >= 0.3 is 5.97 Å². The average molecular weight is 289 g/mol. The van der Waals surface area contributed by atoms with Crippen LogP contribution in [0.5, 0.6) is 0 Å². The molecule has 1 aliphatic carbocycles. The molecule has 3 rings (SSSR count). The molecule has 21 heavy (non-hydrogen) atoms. The molecular formula is C16H19NO4. The molecule has 0 spiro atoms. The summed E-state index contributed by atoms with van der Waals surface area (Å²) < 4.78 is 5.20. The molecule has 1 saturated carbocycles. The number of benzene rings is 1. The Bertz CT molecular complexity index is 545. The van der Waals surface area contributed by atoms with Crippen molar-refractivity contribution in [2.45, 2.75) is 36.6 Å². The molecule has 1 saturated heterocycles. The van der Waals surface area contributed by atoms with E-state index in [2.05, 4.69) is 5.32 Å². The fourth-order valence-electron chi connectivity index (χ4n) is 3.16. The fourth-order valence-corrected chi connectivity index (χ4v) is 3.16. The Morgan fingerprint density at radius 1 is 1.14 bits per heavy atom. The first-order valence-electron chi connectivity index (χ1n) is 7.28. The van der Waals surface area contributed by atoms with Gasteiger partial charge in [0.15, 0.2) is 5.54 Å². The lowest BCUT2D eigenvalue weighted by Gasteiger charge is -2.42. The molecule has 1 aromatic carbocycles. The summed E-state index contributed by atoms with van der Waals surface area (Å²) in [5.74, 6) is -1.20. The van der Waals surface area contributed by atoms with Gasteiger partial charge in [-0.05, 0) is 18.4 Å². The van der Waals surface area contributed by atoms with Gasteiger partial charge in [-0.2, -0.15) is 0 Å². The van der Waals surface area contributed by atoms with Crippen molar-refractivity contribution in [1.82, 2.24) is 5.32 Å². The monoisotopic (exact) mass is 289 g/mol. The summed E-state index contributed by atoms with van der Waals surface area (Å²) in [5.41, 5.74) is -0.881. The van der Waals surface area contributed by atoms with Crippen LogP contribution >= 0.6 is 0 Å². The number of carbonyl (C=O) groups is 2. The van der Waals surface area contributed by atoms with Crippen LogP contribution in [-0.2, 0) is 19.7 Å². The first-order chi connectivity index (χ1) is 10.1. The van der Waals surface area contributed by atoms with Gasteiger partial charge in [-0.1, -0.05) is 36.8 Å². The van der Waals surface area contributed by atoms with Gasteiger partial charge in [-0.3, -0.25) is 4.79 Å². The summed E-state index contributed by atoms with van der Waals surface area (Å²) in [7, 11) is 0. The summed E-state index contributed by atoms with van der Waals surface area (Å²) in [6.45, 7) is 0.407. The highest BCUT2D eigenvalue weighted by molar-refractivity contribution is 5.94. The largest absolute Gasteiger partial charge is 0.479 e. The minimum absolute atomic E-state index is 0.0406. The molecule has 5 nitrogen and oxygen atoms in total. The highest BCUT2D eigenvalue weighted by atomic mass is 16.5. The number of carboxylic acid groups (broad SMARTS) is 1. The summed E-state index contributed by atoms with van der Waals surface area (Å²) in [6, 6.07) is 9.62. The third-order valence-corrected chi connectivity index (χ3v) is 4.75. The summed E-state index contributed by atoms with van der Waals surface area (Å²) in [4.78, 5) is 24.3. The molecule has 2 fully saturated rings. The van der Waals surface area contributed by atoms with E-state index in [1.807, 2.05) is 30.3 Å². The number of rotatable bonds is 4. The van der Waals surface area contributed by atoms with Crippen molar-refractivity contribution in [3.63, 3.8) is 0 Å². The number of ether oxygens (including phenoxy) is 1. The first kappa shape index (κ1) is 14.1. The molecule has 1 aliphatic heterocycles. The molecule has 2 aliphatic rings. The quantitative estimate of drug-likeness (QED) is 0.880. The zero-order chi connectivity index (χ0) is 14.9. The highest BCUT2D eigenvalue weighted by Gasteiger charge is 2.51. The second kappa shape index (κ2) is 5.15. The van der Waals surface area contributed by atoms with Crippen LogP contribution in [0.15, 0.2) is 30.3 Å². The Labute approximate surface area is 123 Å². The lowest BCUT2D eigenvalue weighted by Crippen LogP contribution is -2.61. The molecule has 5 heteroatoms. The minimum Gasteiger partial charge on any atom is -0.479 e. The lowest BCUT2D eigenvalue weighted by molar-refractivity contribution is -0.149. The molecule has 1 heterocycles. The molecule has 2 N–H and O–H groups in total. The van der Waals surface area contributed by atoms with Gasteiger partial charge in [0.2, 0.25) is 5.91 Å². The van der Waals surface area contributed by atoms with Gasteiger partial charge in [-0.15, -0.1) is 0 Å². The first-order valence-corrected chi connectivity index (χ1v) is 7.28. The highest BCUT2D eigenvalue weighted by Crippen LogP contribution is 2.44. The number of hydrogen-bond acceptors (Lipinski definition) is 3. The van der Waals surface area contributed by atoms with Crippen LogP contribution in [0, 0.1) is 0 Å². The summed E-state index contributed by atoms with van der Waals surface area (Å²) in [5, 5.41) is 12.2. The molecule has 112 valence electrons. The van der Waals surface area contributed by atoms with E-state index in [0.717, 1.165) is 24.8 Å². The minimum atomic E-state index is -1.27. The smallest absolute Gasteiger partial charge is 0.331 e. The Balaban J connectivity index is 1.85. The second-order valence-electron chi connectivity index (χ2n) is 5.95. The van der Waals surface area contributed by atoms with Gasteiger partial charge in [0.05, 0.1) is 12.0 Å². The van der Waals surface area contributed by atoms with E-state index in [4.69, 9.17) is 4.74 Å². The van der Waals surface area contributed by atoms with E-state index in [1.54, 1.807) is 0 Å². The van der Waals surface area contributed by atoms with E-state index in [1.165, 1.54) is 0 Å². The number of aliphatic carboxylic acids is 1. The number of amides is 1. The van der Waals surface area contributed by atoms with Crippen LogP contribution in [0.4, 0.5) is 0 Å². The van der Waals surface area contributed by atoms with Crippen molar-refractivity contribution >= 4 is 11.9 Å². The van der Waals surface area contributed by atoms with Gasteiger partial charge in [-0.25, -0.2) is 4.79 Å². The van der Waals surface area contributed by atoms with E-state index in [9.17, 15) is 14.7 Å². The average Bonchev–Trinajstić information content (AvgIpc) is 2.88. The van der Waals surface area contributed by atoms with E-state index < -0.39 is 16.9 Å². The van der Waals surface area contributed by atoms with Crippen molar-refractivity contribution in [3.8, 4) is 0 Å². The van der Waals surface area contributed by atoms with E-state index in [0.29, 0.717) is 13.0 Å². The maximum absolute atomic E-state index is 12.8. The van der Waals surface area contributed by atoms with Gasteiger partial charge < -0.3 is 15.2 Å². The van der Waals surface area contributed by atoms with Crippen LogP contribution in [0.3, 0.4) is 0 Å². The number of nitrogens with one attached hydrogen (secondary N) is 1. The molecule has 1 unspecified atom stereocenters. The molecule has 1 aromatic rings. The number of carbonyl (C=O) groups excluding carboxylic acids is 1. The lowest BCUT2D eigenvalue weighted by atomic mass is 9.63. The Kier molecular flexibility index (Phi) is 3.45. The zero-order valence-electron chi connectivity index (χ0n) is 11.8. The topological polar surface area (TPSA) is 75.6 Å². The SMILES string of the molecule is O=C(O)C1(NC(=O)C2(c3ccccc3)CCC2)CCOC1. The van der Waals surface area contributed by atoms with Gasteiger partial charge in [0.25, 0.3) is 0 Å². The summed E-state index contributed by atoms with van der Waals surface area (Å²) in [6.07, 6.45) is 2.83. The van der Waals surface area contributed by atoms with Crippen molar-refractivity contribution < 1.29 is 19.4 Å². The Morgan fingerprint density at radius 2 is 1.86 bits per heavy atom. The second-order valence-corrected chi connectivity index (χ2v) is 5.95. The van der Waals surface area contributed by atoms with Crippen LogP contribution in [0.25, 0.3) is 0 Å². The Morgan fingerprint density at radius 3 is 2.33 bits per heavy atom. The van der Waals surface area contributed by atoms with Gasteiger partial charge in [0, 0.05) is 13.0 Å². The normalized spacial score (nSPS) is 26.9. The fraction of sp³-hybridized carbons (Fsp3) is 0.500. The van der Waals surface area contributed by atoms with Crippen molar-refractivity contribution in [3.05, 3.63) is 35.9 Å². The third kappa shape index (κ3) is 2.21. The molecule has 0 bridgehead atoms. The summed E-state index contributed by atoms with van der Waals surface area (Å²) >= 11 is 0. The molecule has 1 atom stereocenters.